The number of likely N-dealkylation sites (tertiary alicyclic amines) is 1. The van der Waals surface area contributed by atoms with Gasteiger partial charge in [-0.1, -0.05) is 20.8 Å². The molecule has 1 saturated carbocycles. The highest BCUT2D eigenvalue weighted by Crippen LogP contribution is 2.31. The molecule has 0 spiro atoms. The summed E-state index contributed by atoms with van der Waals surface area (Å²) in [5.74, 6) is 1.94. The Labute approximate surface area is 92.9 Å². The fraction of sp³-hybridized carbons (Fsp3) is 0.917. The molecular weight excluding hydrogens is 186 g/mol. The van der Waals surface area contributed by atoms with Gasteiger partial charge in [-0.3, -0.25) is 4.99 Å². The maximum Gasteiger partial charge on any atom is 0.193 e. The lowest BCUT2D eigenvalue weighted by atomic mass is 9.93. The van der Waals surface area contributed by atoms with Crippen molar-refractivity contribution in [1.29, 1.82) is 0 Å². The average Bonchev–Trinajstić information content (AvgIpc) is 2.73. The lowest BCUT2D eigenvalue weighted by Crippen LogP contribution is -2.42. The molecule has 0 amide bonds. The number of aliphatic imine (C=N–C) groups is 1. The van der Waals surface area contributed by atoms with E-state index in [4.69, 9.17) is 0 Å². The van der Waals surface area contributed by atoms with Crippen LogP contribution in [0.3, 0.4) is 0 Å². The minimum atomic E-state index is 0.451. The molecule has 15 heavy (non-hydrogen) atoms. The van der Waals surface area contributed by atoms with Crippen LogP contribution in [0.5, 0.6) is 0 Å². The van der Waals surface area contributed by atoms with Crippen molar-refractivity contribution in [2.24, 2.45) is 16.3 Å². The van der Waals surface area contributed by atoms with E-state index in [1.807, 2.05) is 7.05 Å². The van der Waals surface area contributed by atoms with Gasteiger partial charge in [-0.25, -0.2) is 0 Å². The van der Waals surface area contributed by atoms with E-state index in [2.05, 4.69) is 36.0 Å². The van der Waals surface area contributed by atoms with E-state index in [0.29, 0.717) is 11.5 Å². The summed E-state index contributed by atoms with van der Waals surface area (Å²) < 4.78 is 0. The van der Waals surface area contributed by atoms with Crippen molar-refractivity contribution in [3.05, 3.63) is 0 Å². The zero-order valence-electron chi connectivity index (χ0n) is 10.4. The van der Waals surface area contributed by atoms with Crippen molar-refractivity contribution in [2.45, 2.75) is 39.7 Å². The predicted molar refractivity (Wildman–Crippen MR) is 64.0 cm³/mol. The standard InChI is InChI=1S/C12H23N3/c1-9-7-10(9)14-11(13-4)15-6-5-12(2,3)8-15/h9-10H,5-8H2,1-4H3,(H,13,14)/t9-,10+/m0/s1. The summed E-state index contributed by atoms with van der Waals surface area (Å²) in [4.78, 5) is 6.78. The molecule has 2 atom stereocenters. The molecule has 3 nitrogen and oxygen atoms in total. The van der Waals surface area contributed by atoms with Crippen LogP contribution >= 0.6 is 0 Å². The van der Waals surface area contributed by atoms with Crippen LogP contribution in [0.15, 0.2) is 4.99 Å². The van der Waals surface area contributed by atoms with Gasteiger partial charge < -0.3 is 10.2 Å². The summed E-state index contributed by atoms with van der Waals surface area (Å²) in [6.45, 7) is 9.24. The van der Waals surface area contributed by atoms with Gasteiger partial charge in [-0.15, -0.1) is 0 Å². The Balaban J connectivity index is 1.91. The van der Waals surface area contributed by atoms with Crippen LogP contribution < -0.4 is 5.32 Å². The van der Waals surface area contributed by atoms with Crippen molar-refractivity contribution >= 4 is 5.96 Å². The highest BCUT2D eigenvalue weighted by molar-refractivity contribution is 5.80. The van der Waals surface area contributed by atoms with Gasteiger partial charge in [0, 0.05) is 26.2 Å². The molecular formula is C12H23N3. The molecule has 86 valence electrons. The quantitative estimate of drug-likeness (QED) is 0.526. The lowest BCUT2D eigenvalue weighted by Gasteiger charge is -2.23. The maximum absolute atomic E-state index is 4.38. The van der Waals surface area contributed by atoms with Crippen LogP contribution in [0.25, 0.3) is 0 Å². The second kappa shape index (κ2) is 3.69. The Hall–Kier alpha value is -0.730. The van der Waals surface area contributed by atoms with Gasteiger partial charge in [0.15, 0.2) is 5.96 Å². The Morgan fingerprint density at radius 3 is 2.53 bits per heavy atom. The highest BCUT2D eigenvalue weighted by atomic mass is 15.3. The lowest BCUT2D eigenvalue weighted by molar-refractivity contribution is 0.369. The van der Waals surface area contributed by atoms with Crippen LogP contribution in [0.4, 0.5) is 0 Å². The van der Waals surface area contributed by atoms with E-state index < -0.39 is 0 Å². The Bertz CT molecular complexity index is 270. The monoisotopic (exact) mass is 209 g/mol. The summed E-state index contributed by atoms with van der Waals surface area (Å²) in [5.41, 5.74) is 0.451. The van der Waals surface area contributed by atoms with Crippen LogP contribution in [0.2, 0.25) is 0 Å². The molecule has 3 heteroatoms. The van der Waals surface area contributed by atoms with E-state index in [0.717, 1.165) is 25.0 Å². The van der Waals surface area contributed by atoms with Gasteiger partial charge >= 0.3 is 0 Å². The molecule has 1 aliphatic carbocycles. The zero-order valence-corrected chi connectivity index (χ0v) is 10.4. The first-order chi connectivity index (χ1) is 7.02. The van der Waals surface area contributed by atoms with Gasteiger partial charge in [0.05, 0.1) is 0 Å². The summed E-state index contributed by atoms with van der Waals surface area (Å²) in [5, 5.41) is 3.55. The highest BCUT2D eigenvalue weighted by Gasteiger charge is 2.36. The van der Waals surface area contributed by atoms with Crippen LogP contribution in [-0.2, 0) is 0 Å². The fourth-order valence-electron chi connectivity index (χ4n) is 2.28. The summed E-state index contributed by atoms with van der Waals surface area (Å²) in [6, 6.07) is 0.674. The zero-order chi connectivity index (χ0) is 11.1. The summed E-state index contributed by atoms with van der Waals surface area (Å²) >= 11 is 0. The largest absolute Gasteiger partial charge is 0.353 e. The van der Waals surface area contributed by atoms with Gasteiger partial charge in [-0.2, -0.15) is 0 Å². The normalized spacial score (nSPS) is 34.4. The number of rotatable bonds is 1. The first kappa shape index (κ1) is 10.8. The fourth-order valence-corrected chi connectivity index (χ4v) is 2.28. The third-order valence-electron chi connectivity index (χ3n) is 3.61. The molecule has 0 radical (unpaired) electrons. The number of hydrogen-bond donors (Lipinski definition) is 1. The Kier molecular flexibility index (Phi) is 2.65. The van der Waals surface area contributed by atoms with E-state index in [1.54, 1.807) is 0 Å². The molecule has 2 fully saturated rings. The Morgan fingerprint density at radius 2 is 2.13 bits per heavy atom. The molecule has 0 aromatic rings. The number of nitrogens with one attached hydrogen (secondary N) is 1. The Morgan fingerprint density at radius 1 is 1.47 bits per heavy atom. The van der Waals surface area contributed by atoms with Crippen LogP contribution in [0.1, 0.15) is 33.6 Å². The van der Waals surface area contributed by atoms with E-state index in [9.17, 15) is 0 Å². The minimum Gasteiger partial charge on any atom is -0.353 e. The summed E-state index contributed by atoms with van der Waals surface area (Å²) in [7, 11) is 1.89. The van der Waals surface area contributed by atoms with E-state index in [-0.39, 0.29) is 0 Å². The molecule has 0 bridgehead atoms. The van der Waals surface area contributed by atoms with Crippen molar-refractivity contribution in [1.82, 2.24) is 10.2 Å². The molecule has 1 N–H and O–H groups in total. The topological polar surface area (TPSA) is 27.6 Å². The summed E-state index contributed by atoms with van der Waals surface area (Å²) in [6.07, 6.45) is 2.57. The molecule has 1 aliphatic heterocycles. The van der Waals surface area contributed by atoms with Crippen molar-refractivity contribution < 1.29 is 0 Å². The van der Waals surface area contributed by atoms with Gasteiger partial charge in [0.2, 0.25) is 0 Å². The molecule has 2 rings (SSSR count). The third kappa shape index (κ3) is 2.44. The average molecular weight is 209 g/mol. The van der Waals surface area contributed by atoms with Crippen molar-refractivity contribution in [3.8, 4) is 0 Å². The maximum atomic E-state index is 4.38. The van der Waals surface area contributed by atoms with Gasteiger partial charge in [-0.05, 0) is 24.2 Å². The first-order valence-electron chi connectivity index (χ1n) is 6.00. The number of hydrogen-bond acceptors (Lipinski definition) is 1. The molecule has 1 heterocycles. The van der Waals surface area contributed by atoms with Crippen molar-refractivity contribution in [2.75, 3.05) is 20.1 Å². The predicted octanol–water partition coefficient (Wildman–Crippen LogP) is 1.70. The van der Waals surface area contributed by atoms with Gasteiger partial charge in [0.25, 0.3) is 0 Å². The minimum absolute atomic E-state index is 0.451. The number of nitrogens with zero attached hydrogens (tertiary/aromatic N) is 2. The SMILES string of the molecule is CN=C(N[C@@H]1C[C@@H]1C)N1CCC(C)(C)C1. The second-order valence-corrected chi connectivity index (χ2v) is 5.85. The van der Waals surface area contributed by atoms with E-state index >= 15 is 0 Å². The molecule has 2 aliphatic rings. The third-order valence-corrected chi connectivity index (χ3v) is 3.61. The van der Waals surface area contributed by atoms with E-state index in [1.165, 1.54) is 12.8 Å². The molecule has 0 aromatic heterocycles. The number of guanidine groups is 1. The smallest absolute Gasteiger partial charge is 0.193 e. The second-order valence-electron chi connectivity index (χ2n) is 5.85. The van der Waals surface area contributed by atoms with Crippen LogP contribution in [0, 0.1) is 11.3 Å². The van der Waals surface area contributed by atoms with Crippen molar-refractivity contribution in [3.63, 3.8) is 0 Å². The van der Waals surface area contributed by atoms with Gasteiger partial charge in [0.1, 0.15) is 0 Å². The molecule has 0 aromatic carbocycles. The molecule has 1 saturated heterocycles. The first-order valence-corrected chi connectivity index (χ1v) is 6.00. The van der Waals surface area contributed by atoms with Crippen LogP contribution in [-0.4, -0.2) is 37.0 Å². The molecule has 0 unspecified atom stereocenters.